The van der Waals surface area contributed by atoms with E-state index in [0.29, 0.717) is 17.4 Å². The Balaban J connectivity index is 1.71. The van der Waals surface area contributed by atoms with E-state index in [0.717, 1.165) is 27.6 Å². The van der Waals surface area contributed by atoms with Gasteiger partial charge in [-0.25, -0.2) is 4.98 Å². The predicted octanol–water partition coefficient (Wildman–Crippen LogP) is 3.52. The number of carbonyl (C=O) groups is 2. The first kappa shape index (κ1) is 21.7. The van der Waals surface area contributed by atoms with Crippen LogP contribution in [-0.2, 0) is 27.3 Å². The maximum Gasteiger partial charge on any atom is 0.311 e. The zero-order valence-electron chi connectivity index (χ0n) is 17.6. The molecule has 8 heteroatoms. The summed E-state index contributed by atoms with van der Waals surface area (Å²) in [6.45, 7) is 8.27. The fraction of sp³-hybridized carbons (Fsp3) is 0.364. The second kappa shape index (κ2) is 9.21. The lowest BCUT2D eigenvalue weighted by Crippen LogP contribution is -2.24. The molecule has 0 spiro atoms. The minimum atomic E-state index is -0.350. The fourth-order valence-corrected chi connectivity index (χ4v) is 4.22. The van der Waals surface area contributed by atoms with Crippen LogP contribution in [0.25, 0.3) is 10.9 Å². The fourth-order valence-electron chi connectivity index (χ4n) is 3.49. The summed E-state index contributed by atoms with van der Waals surface area (Å²) in [5.74, 6) is -0.589. The molecule has 2 heterocycles. The number of anilines is 1. The highest BCUT2D eigenvalue weighted by atomic mass is 32.1. The number of thiazole rings is 1. The quantitative estimate of drug-likeness (QED) is 0.583. The van der Waals surface area contributed by atoms with Crippen molar-refractivity contribution in [2.24, 2.45) is 0 Å². The number of nitrogens with zero attached hydrogens (tertiary/aromatic N) is 2. The van der Waals surface area contributed by atoms with Gasteiger partial charge in [0.2, 0.25) is 5.91 Å². The maximum absolute atomic E-state index is 12.6. The van der Waals surface area contributed by atoms with Gasteiger partial charge < -0.3 is 14.6 Å². The number of aromatic nitrogens is 2. The van der Waals surface area contributed by atoms with Gasteiger partial charge in [0.1, 0.15) is 0 Å². The minimum absolute atomic E-state index is 0.0731. The van der Waals surface area contributed by atoms with Crippen molar-refractivity contribution in [2.75, 3.05) is 11.9 Å². The van der Waals surface area contributed by atoms with Gasteiger partial charge in [0, 0.05) is 29.8 Å². The summed E-state index contributed by atoms with van der Waals surface area (Å²) >= 11 is 1.25. The lowest BCUT2D eigenvalue weighted by Gasteiger charge is -2.15. The molecule has 1 aromatic carbocycles. The monoisotopic (exact) mass is 427 g/mol. The molecule has 30 heavy (non-hydrogen) atoms. The molecule has 0 radical (unpaired) electrons. The number of aryl methyl sites for hydroxylation is 4. The Kier molecular flexibility index (Phi) is 6.66. The van der Waals surface area contributed by atoms with Crippen LogP contribution in [0.2, 0.25) is 0 Å². The number of fused-ring (bicyclic) bond motifs is 1. The van der Waals surface area contributed by atoms with Crippen LogP contribution >= 0.6 is 11.3 Å². The third-order valence-corrected chi connectivity index (χ3v) is 5.54. The molecule has 3 aromatic rings. The van der Waals surface area contributed by atoms with Gasteiger partial charge in [-0.15, -0.1) is 11.3 Å². The summed E-state index contributed by atoms with van der Waals surface area (Å²) in [6.07, 6.45) is 0.210. The molecule has 0 aliphatic heterocycles. The van der Waals surface area contributed by atoms with E-state index in [1.54, 1.807) is 22.9 Å². The van der Waals surface area contributed by atoms with Crippen LogP contribution < -0.4 is 10.9 Å². The second-order valence-electron chi connectivity index (χ2n) is 7.22. The van der Waals surface area contributed by atoms with Gasteiger partial charge in [-0.05, 0) is 44.9 Å². The number of rotatable bonds is 7. The molecule has 0 atom stereocenters. The van der Waals surface area contributed by atoms with Gasteiger partial charge in [0.05, 0.1) is 24.2 Å². The summed E-state index contributed by atoms with van der Waals surface area (Å²) in [4.78, 5) is 40.8. The maximum atomic E-state index is 12.6. The van der Waals surface area contributed by atoms with E-state index in [2.05, 4.69) is 16.4 Å². The Morgan fingerprint density at radius 2 is 1.93 bits per heavy atom. The Morgan fingerprint density at radius 3 is 2.67 bits per heavy atom. The number of hydrogen-bond acceptors (Lipinski definition) is 6. The highest BCUT2D eigenvalue weighted by Crippen LogP contribution is 2.23. The van der Waals surface area contributed by atoms with Gasteiger partial charge in [0.15, 0.2) is 5.13 Å². The third kappa shape index (κ3) is 4.94. The molecule has 3 rings (SSSR count). The molecule has 2 aromatic heterocycles. The lowest BCUT2D eigenvalue weighted by molar-refractivity contribution is -0.142. The number of carbonyl (C=O) groups excluding carboxylic acids is 2. The molecule has 0 saturated heterocycles. The van der Waals surface area contributed by atoms with Gasteiger partial charge >= 0.3 is 5.97 Å². The van der Waals surface area contributed by atoms with E-state index in [1.165, 1.54) is 11.3 Å². The zero-order chi connectivity index (χ0) is 21.8. The molecule has 0 aliphatic rings. The van der Waals surface area contributed by atoms with Crippen molar-refractivity contribution in [2.45, 2.75) is 47.1 Å². The molecule has 7 nitrogen and oxygen atoms in total. The SMILES string of the molecule is CCOC(=O)Cc1csc(NC(=O)CCn2c(=O)cc(C)c3cc(C)cc(C)c32)n1. The first-order valence-electron chi connectivity index (χ1n) is 9.79. The molecule has 1 N–H and O–H groups in total. The number of ether oxygens (including phenoxy) is 1. The van der Waals surface area contributed by atoms with E-state index in [4.69, 9.17) is 4.74 Å². The van der Waals surface area contributed by atoms with Crippen LogP contribution in [0, 0.1) is 20.8 Å². The molecule has 0 fully saturated rings. The van der Waals surface area contributed by atoms with Crippen LogP contribution in [-0.4, -0.2) is 28.0 Å². The normalized spacial score (nSPS) is 10.9. The Hall–Kier alpha value is -3.00. The number of pyridine rings is 1. The zero-order valence-corrected chi connectivity index (χ0v) is 18.4. The summed E-state index contributed by atoms with van der Waals surface area (Å²) < 4.78 is 6.56. The average Bonchev–Trinajstić information content (AvgIpc) is 3.08. The van der Waals surface area contributed by atoms with E-state index in [-0.39, 0.29) is 36.8 Å². The molecule has 1 amide bonds. The van der Waals surface area contributed by atoms with Crippen molar-refractivity contribution < 1.29 is 14.3 Å². The summed E-state index contributed by atoms with van der Waals surface area (Å²) in [5, 5.41) is 5.91. The standard InChI is InChI=1S/C22H25N3O4S/c1-5-29-20(28)11-16-12-30-22(23-16)24-18(26)6-7-25-19(27)10-14(3)17-9-13(2)8-15(4)21(17)25/h8-10,12H,5-7,11H2,1-4H3,(H,23,24,26). The molecular weight excluding hydrogens is 402 g/mol. The van der Waals surface area contributed by atoms with Gasteiger partial charge in [-0.3, -0.25) is 14.4 Å². The number of amides is 1. The molecule has 0 aliphatic carbocycles. The highest BCUT2D eigenvalue weighted by molar-refractivity contribution is 7.13. The van der Waals surface area contributed by atoms with Crippen molar-refractivity contribution in [3.8, 4) is 0 Å². The molecule has 0 unspecified atom stereocenters. The summed E-state index contributed by atoms with van der Waals surface area (Å²) in [5.41, 5.74) is 4.37. The Morgan fingerprint density at radius 1 is 1.17 bits per heavy atom. The average molecular weight is 428 g/mol. The van der Waals surface area contributed by atoms with Crippen LogP contribution in [0.1, 0.15) is 35.7 Å². The van der Waals surface area contributed by atoms with Gasteiger partial charge in [0.25, 0.3) is 5.56 Å². The number of hydrogen-bond donors (Lipinski definition) is 1. The Bertz CT molecular complexity index is 1160. The summed E-state index contributed by atoms with van der Waals surface area (Å²) in [7, 11) is 0. The van der Waals surface area contributed by atoms with Crippen LogP contribution in [0.3, 0.4) is 0 Å². The van der Waals surface area contributed by atoms with Crippen molar-refractivity contribution in [1.82, 2.24) is 9.55 Å². The number of benzene rings is 1. The Labute approximate surface area is 178 Å². The number of esters is 1. The van der Waals surface area contributed by atoms with Crippen LogP contribution in [0.4, 0.5) is 5.13 Å². The van der Waals surface area contributed by atoms with Crippen LogP contribution in [0.15, 0.2) is 28.4 Å². The van der Waals surface area contributed by atoms with Crippen molar-refractivity contribution in [3.05, 3.63) is 56.3 Å². The highest BCUT2D eigenvalue weighted by Gasteiger charge is 2.13. The number of nitrogens with one attached hydrogen (secondary N) is 1. The minimum Gasteiger partial charge on any atom is -0.466 e. The predicted molar refractivity (Wildman–Crippen MR) is 118 cm³/mol. The van der Waals surface area contributed by atoms with E-state index < -0.39 is 0 Å². The largest absolute Gasteiger partial charge is 0.466 e. The topological polar surface area (TPSA) is 90.3 Å². The first-order valence-corrected chi connectivity index (χ1v) is 10.7. The molecule has 0 bridgehead atoms. The molecular formula is C22H25N3O4S. The van der Waals surface area contributed by atoms with Crippen molar-refractivity contribution >= 4 is 39.2 Å². The second-order valence-corrected chi connectivity index (χ2v) is 8.08. The smallest absolute Gasteiger partial charge is 0.311 e. The van der Waals surface area contributed by atoms with E-state index >= 15 is 0 Å². The van der Waals surface area contributed by atoms with Crippen molar-refractivity contribution in [3.63, 3.8) is 0 Å². The van der Waals surface area contributed by atoms with Gasteiger partial charge in [-0.1, -0.05) is 11.6 Å². The third-order valence-electron chi connectivity index (χ3n) is 4.74. The summed E-state index contributed by atoms with van der Waals surface area (Å²) in [6, 6.07) is 5.72. The molecule has 0 saturated carbocycles. The molecule has 158 valence electrons. The van der Waals surface area contributed by atoms with Crippen LogP contribution in [0.5, 0.6) is 0 Å². The van der Waals surface area contributed by atoms with Crippen molar-refractivity contribution in [1.29, 1.82) is 0 Å². The first-order chi connectivity index (χ1) is 14.3. The van der Waals surface area contributed by atoms with Gasteiger partial charge in [-0.2, -0.15) is 0 Å². The lowest BCUT2D eigenvalue weighted by atomic mass is 10.0. The van der Waals surface area contributed by atoms with E-state index in [1.807, 2.05) is 26.8 Å². The van der Waals surface area contributed by atoms with E-state index in [9.17, 15) is 14.4 Å².